The van der Waals surface area contributed by atoms with E-state index in [0.717, 1.165) is 45.0 Å². The van der Waals surface area contributed by atoms with E-state index < -0.39 is 5.41 Å². The number of benzene rings is 6. The zero-order valence-electron chi connectivity index (χ0n) is 27.6. The molecule has 1 spiro atoms. The Kier molecular flexibility index (Phi) is 7.54. The topological polar surface area (TPSA) is 59.3 Å². The summed E-state index contributed by atoms with van der Waals surface area (Å²) in [6.45, 7) is 0.470. The van der Waals surface area contributed by atoms with Crippen LogP contribution in [-0.2, 0) is 5.41 Å². The zero-order chi connectivity index (χ0) is 33.5. The van der Waals surface area contributed by atoms with Gasteiger partial charge in [0.25, 0.3) is 0 Å². The van der Waals surface area contributed by atoms with Gasteiger partial charge in [-0.05, 0) is 80.9 Å². The fourth-order valence-corrected chi connectivity index (χ4v) is 7.94. The lowest BCUT2D eigenvalue weighted by molar-refractivity contribution is 0.436. The van der Waals surface area contributed by atoms with Crippen molar-refractivity contribution in [1.29, 1.82) is 0 Å². The molecule has 2 atom stereocenters. The second-order valence-electron chi connectivity index (χ2n) is 13.1. The SMILES string of the molecule is NC/C=C\C1=Cc2ccc(-c3cccc(C4=CC(c5ccccc5)NC(c5ccccc5)N4)c3)cc2C12c1ccccc1Oc1ccccc12. The van der Waals surface area contributed by atoms with Gasteiger partial charge in [-0.2, -0.15) is 0 Å². The van der Waals surface area contributed by atoms with Crippen LogP contribution in [0.5, 0.6) is 11.5 Å². The Bertz CT molecular complexity index is 2260. The Labute approximate surface area is 293 Å². The number of nitrogens with one attached hydrogen (secondary N) is 2. The molecule has 2 unspecified atom stereocenters. The van der Waals surface area contributed by atoms with Crippen LogP contribution in [-0.4, -0.2) is 6.54 Å². The van der Waals surface area contributed by atoms with Crippen LogP contribution in [0.1, 0.15) is 51.2 Å². The molecule has 0 bridgehead atoms. The predicted octanol–water partition coefficient (Wildman–Crippen LogP) is 9.68. The normalized spacial score (nSPS) is 18.3. The number of hydrogen-bond donors (Lipinski definition) is 3. The van der Waals surface area contributed by atoms with Crippen LogP contribution in [0.4, 0.5) is 0 Å². The average molecular weight is 648 g/mol. The Hall–Kier alpha value is -5.94. The second kappa shape index (κ2) is 12.5. The van der Waals surface area contributed by atoms with E-state index in [1.165, 1.54) is 27.8 Å². The molecule has 4 N–H and O–H groups in total. The van der Waals surface area contributed by atoms with Gasteiger partial charge in [0.1, 0.15) is 17.7 Å². The van der Waals surface area contributed by atoms with Gasteiger partial charge < -0.3 is 15.8 Å². The summed E-state index contributed by atoms with van der Waals surface area (Å²) >= 11 is 0. The molecule has 0 saturated carbocycles. The first-order chi connectivity index (χ1) is 24.7. The Morgan fingerprint density at radius 2 is 1.26 bits per heavy atom. The van der Waals surface area contributed by atoms with Gasteiger partial charge in [-0.1, -0.05) is 140 Å². The monoisotopic (exact) mass is 647 g/mol. The minimum atomic E-state index is -0.537. The van der Waals surface area contributed by atoms with Gasteiger partial charge in [-0.25, -0.2) is 0 Å². The van der Waals surface area contributed by atoms with Gasteiger partial charge in [0.2, 0.25) is 0 Å². The van der Waals surface area contributed by atoms with E-state index in [9.17, 15) is 0 Å². The summed E-state index contributed by atoms with van der Waals surface area (Å²) in [5, 5.41) is 7.62. The van der Waals surface area contributed by atoms with Crippen LogP contribution >= 0.6 is 0 Å². The average Bonchev–Trinajstić information content (AvgIpc) is 3.51. The van der Waals surface area contributed by atoms with Crippen LogP contribution in [0.3, 0.4) is 0 Å². The lowest BCUT2D eigenvalue weighted by atomic mass is 9.65. The van der Waals surface area contributed by atoms with Crippen molar-refractivity contribution >= 4 is 11.8 Å². The maximum absolute atomic E-state index is 6.52. The van der Waals surface area contributed by atoms with Crippen molar-refractivity contribution < 1.29 is 4.74 Å². The van der Waals surface area contributed by atoms with Crippen molar-refractivity contribution in [2.24, 2.45) is 5.73 Å². The van der Waals surface area contributed by atoms with Crippen LogP contribution in [0, 0.1) is 0 Å². The molecule has 50 heavy (non-hydrogen) atoms. The summed E-state index contributed by atoms with van der Waals surface area (Å²) in [4.78, 5) is 0. The number of hydrogen-bond acceptors (Lipinski definition) is 4. The molecule has 2 heterocycles. The molecule has 0 aromatic heterocycles. The summed E-state index contributed by atoms with van der Waals surface area (Å²) in [6.07, 6.45) is 8.83. The van der Waals surface area contributed by atoms with E-state index in [4.69, 9.17) is 10.5 Å². The van der Waals surface area contributed by atoms with E-state index >= 15 is 0 Å². The van der Waals surface area contributed by atoms with E-state index in [2.05, 4.69) is 174 Å². The van der Waals surface area contributed by atoms with Gasteiger partial charge in [0.15, 0.2) is 0 Å². The van der Waals surface area contributed by atoms with Gasteiger partial charge in [-0.3, -0.25) is 5.32 Å². The first kappa shape index (κ1) is 30.1. The molecule has 1 aliphatic carbocycles. The third kappa shape index (κ3) is 5.00. The van der Waals surface area contributed by atoms with E-state index in [1.54, 1.807) is 0 Å². The van der Waals surface area contributed by atoms with Crippen molar-refractivity contribution in [2.45, 2.75) is 17.6 Å². The number of ether oxygens (including phenoxy) is 1. The van der Waals surface area contributed by atoms with Crippen LogP contribution in [0.2, 0.25) is 0 Å². The minimum absolute atomic E-state index is 0.0374. The van der Waals surface area contributed by atoms with Crippen LogP contribution in [0.25, 0.3) is 22.9 Å². The standard InChI is InChI=1S/C46H37N3O/c47-26-12-19-37-28-35-25-24-34(29-40(35)46(37)38-20-7-9-22-43(38)50-44-23-10-8-21-39(44)46)33-17-11-18-36(27-33)42-30-41(31-13-3-1-4-14-31)48-45(49-42)32-15-5-2-6-16-32/h1-25,27-30,41,45,48-49H,26,47H2/b19-12-. The fraction of sp³-hybridized carbons (Fsp3) is 0.0870. The highest BCUT2D eigenvalue weighted by molar-refractivity contribution is 5.85. The maximum Gasteiger partial charge on any atom is 0.132 e. The first-order valence-electron chi connectivity index (χ1n) is 17.3. The highest BCUT2D eigenvalue weighted by Crippen LogP contribution is 2.59. The highest BCUT2D eigenvalue weighted by Gasteiger charge is 2.49. The quantitative estimate of drug-likeness (QED) is 0.169. The lowest BCUT2D eigenvalue weighted by Gasteiger charge is -2.40. The Morgan fingerprint density at radius 1 is 0.620 bits per heavy atom. The number of allylic oxidation sites excluding steroid dienone is 2. The zero-order valence-corrected chi connectivity index (χ0v) is 27.6. The summed E-state index contributed by atoms with van der Waals surface area (Å²) in [7, 11) is 0. The first-order valence-corrected chi connectivity index (χ1v) is 17.3. The van der Waals surface area contributed by atoms with Crippen molar-refractivity contribution in [1.82, 2.24) is 10.6 Å². The predicted molar refractivity (Wildman–Crippen MR) is 204 cm³/mol. The summed E-state index contributed by atoms with van der Waals surface area (Å²) in [5.74, 6) is 1.76. The van der Waals surface area contributed by atoms with Gasteiger partial charge in [-0.15, -0.1) is 0 Å². The molecule has 3 aliphatic rings. The minimum Gasteiger partial charge on any atom is -0.457 e. The number of rotatable bonds is 6. The lowest BCUT2D eigenvalue weighted by Crippen LogP contribution is -2.39. The van der Waals surface area contributed by atoms with Crippen molar-refractivity contribution in [2.75, 3.05) is 6.54 Å². The summed E-state index contributed by atoms with van der Waals surface area (Å²) in [6, 6.07) is 54.0. The number of fused-ring (bicyclic) bond motifs is 6. The molecule has 6 aromatic carbocycles. The third-order valence-corrected chi connectivity index (χ3v) is 10.2. The Balaban J connectivity index is 1.17. The summed E-state index contributed by atoms with van der Waals surface area (Å²) in [5.41, 5.74) is 18.4. The molecule has 9 rings (SSSR count). The molecular weight excluding hydrogens is 611 g/mol. The molecule has 2 aliphatic heterocycles. The molecule has 6 aromatic rings. The van der Waals surface area contributed by atoms with Crippen LogP contribution in [0.15, 0.2) is 175 Å². The molecule has 4 nitrogen and oxygen atoms in total. The van der Waals surface area contributed by atoms with E-state index in [1.807, 2.05) is 12.1 Å². The molecule has 0 radical (unpaired) electrons. The summed E-state index contributed by atoms with van der Waals surface area (Å²) < 4.78 is 6.52. The Morgan fingerprint density at radius 3 is 1.98 bits per heavy atom. The van der Waals surface area contributed by atoms with Crippen molar-refractivity contribution in [3.8, 4) is 22.6 Å². The van der Waals surface area contributed by atoms with E-state index in [-0.39, 0.29) is 12.2 Å². The van der Waals surface area contributed by atoms with Gasteiger partial charge in [0, 0.05) is 23.4 Å². The largest absolute Gasteiger partial charge is 0.457 e. The van der Waals surface area contributed by atoms with Crippen LogP contribution < -0.4 is 21.1 Å². The molecule has 4 heteroatoms. The maximum atomic E-state index is 6.52. The smallest absolute Gasteiger partial charge is 0.132 e. The fourth-order valence-electron chi connectivity index (χ4n) is 7.94. The van der Waals surface area contributed by atoms with Gasteiger partial charge >= 0.3 is 0 Å². The molecule has 0 saturated heterocycles. The molecule has 0 fully saturated rings. The van der Waals surface area contributed by atoms with E-state index in [0.29, 0.717) is 6.54 Å². The number of para-hydroxylation sites is 2. The second-order valence-corrected chi connectivity index (χ2v) is 13.1. The highest BCUT2D eigenvalue weighted by atomic mass is 16.5. The molecule has 0 amide bonds. The molecular formula is C46H37N3O. The molecule has 242 valence electrons. The van der Waals surface area contributed by atoms with Crippen molar-refractivity contribution in [3.05, 3.63) is 214 Å². The van der Waals surface area contributed by atoms with Crippen molar-refractivity contribution in [3.63, 3.8) is 0 Å². The third-order valence-electron chi connectivity index (χ3n) is 10.2. The number of nitrogens with two attached hydrogens (primary N) is 1. The van der Waals surface area contributed by atoms with Gasteiger partial charge in [0.05, 0.1) is 11.5 Å².